The summed E-state index contributed by atoms with van der Waals surface area (Å²) in [5, 5.41) is 5.09. The Labute approximate surface area is 101 Å². The van der Waals surface area contributed by atoms with Crippen LogP contribution in [0.25, 0.3) is 0 Å². The summed E-state index contributed by atoms with van der Waals surface area (Å²) < 4.78 is 2.01. The van der Waals surface area contributed by atoms with E-state index in [9.17, 15) is 0 Å². The fraction of sp³-hybridized carbons (Fsp3) is 0.727. The summed E-state index contributed by atoms with van der Waals surface area (Å²) in [7, 11) is 4.11. The van der Waals surface area contributed by atoms with Crippen LogP contribution in [0.4, 0.5) is 0 Å². The van der Waals surface area contributed by atoms with Crippen LogP contribution >= 0.6 is 11.6 Å². The van der Waals surface area contributed by atoms with Gasteiger partial charge in [0.2, 0.25) is 0 Å². The van der Waals surface area contributed by atoms with Gasteiger partial charge < -0.3 is 10.6 Å². The lowest BCUT2D eigenvalue weighted by atomic mass is 9.78. The summed E-state index contributed by atoms with van der Waals surface area (Å²) in [4.78, 5) is 2.14. The summed E-state index contributed by atoms with van der Waals surface area (Å²) in [6.45, 7) is 1.84. The molecule has 0 aromatic carbocycles. The summed E-state index contributed by atoms with van der Waals surface area (Å²) in [6.07, 6.45) is 3.96. The molecular weight excluding hydrogens is 224 g/mol. The highest BCUT2D eigenvalue weighted by molar-refractivity contribution is 6.31. The van der Waals surface area contributed by atoms with Crippen molar-refractivity contribution in [3.05, 3.63) is 16.9 Å². The maximum atomic E-state index is 6.18. The summed E-state index contributed by atoms with van der Waals surface area (Å²) in [5.41, 5.74) is 7.12. The van der Waals surface area contributed by atoms with E-state index in [4.69, 9.17) is 17.3 Å². The molecule has 1 aliphatic rings. The van der Waals surface area contributed by atoms with E-state index in [1.54, 1.807) is 6.20 Å². The highest BCUT2D eigenvalue weighted by Crippen LogP contribution is 2.38. The molecule has 5 heteroatoms. The molecule has 2 rings (SSSR count). The lowest BCUT2D eigenvalue weighted by molar-refractivity contribution is 0.313. The van der Waals surface area contributed by atoms with Crippen LogP contribution in [-0.4, -0.2) is 41.4 Å². The molecule has 1 heterocycles. The van der Waals surface area contributed by atoms with Crippen LogP contribution in [0.1, 0.15) is 24.5 Å². The molecule has 2 atom stereocenters. The second-order valence-electron chi connectivity index (χ2n) is 4.75. The predicted octanol–water partition coefficient (Wildman–Crippen LogP) is 1.30. The van der Waals surface area contributed by atoms with Crippen LogP contribution in [0.2, 0.25) is 5.02 Å². The van der Waals surface area contributed by atoms with Gasteiger partial charge in [-0.25, -0.2) is 0 Å². The maximum absolute atomic E-state index is 6.18. The fourth-order valence-electron chi connectivity index (χ4n) is 2.08. The van der Waals surface area contributed by atoms with Crippen LogP contribution < -0.4 is 5.73 Å². The average Bonchev–Trinajstić information content (AvgIpc) is 2.56. The van der Waals surface area contributed by atoms with Gasteiger partial charge >= 0.3 is 0 Å². The Bertz CT molecular complexity index is 361. The van der Waals surface area contributed by atoms with Gasteiger partial charge in [-0.2, -0.15) is 5.10 Å². The van der Waals surface area contributed by atoms with E-state index in [0.717, 1.165) is 36.6 Å². The van der Waals surface area contributed by atoms with Crippen LogP contribution in [-0.2, 0) is 6.54 Å². The number of aromatic nitrogens is 2. The fourth-order valence-corrected chi connectivity index (χ4v) is 2.36. The zero-order valence-electron chi connectivity index (χ0n) is 9.86. The molecule has 0 aliphatic heterocycles. The van der Waals surface area contributed by atoms with Crippen LogP contribution in [0.3, 0.4) is 0 Å². The molecule has 0 bridgehead atoms. The van der Waals surface area contributed by atoms with Gasteiger partial charge in [0, 0.05) is 18.5 Å². The quantitative estimate of drug-likeness (QED) is 0.866. The first-order valence-corrected chi connectivity index (χ1v) is 6.09. The number of rotatable bonds is 4. The maximum Gasteiger partial charge on any atom is 0.0821 e. The summed E-state index contributed by atoms with van der Waals surface area (Å²) in [6, 6.07) is 0.257. The molecule has 2 N–H and O–H groups in total. The van der Waals surface area contributed by atoms with Gasteiger partial charge in [-0.3, -0.25) is 4.68 Å². The predicted molar refractivity (Wildman–Crippen MR) is 65.7 cm³/mol. The number of likely N-dealkylation sites (N-methyl/N-ethyl adjacent to an activating group) is 1. The second kappa shape index (κ2) is 4.73. The molecule has 0 spiro atoms. The van der Waals surface area contributed by atoms with Gasteiger partial charge in [-0.05, 0) is 26.9 Å². The zero-order chi connectivity index (χ0) is 11.7. The van der Waals surface area contributed by atoms with Crippen molar-refractivity contribution in [1.82, 2.24) is 14.7 Å². The topological polar surface area (TPSA) is 47.1 Å². The Morgan fingerprint density at radius 1 is 1.56 bits per heavy atom. The van der Waals surface area contributed by atoms with Gasteiger partial charge in [-0.15, -0.1) is 0 Å². The van der Waals surface area contributed by atoms with E-state index in [1.165, 1.54) is 0 Å². The first-order chi connectivity index (χ1) is 7.59. The third-order valence-corrected chi connectivity index (χ3v) is 3.56. The van der Waals surface area contributed by atoms with Gasteiger partial charge in [0.05, 0.1) is 23.5 Å². The van der Waals surface area contributed by atoms with E-state index in [0.29, 0.717) is 5.92 Å². The minimum atomic E-state index is 0.257. The van der Waals surface area contributed by atoms with Crippen LogP contribution in [0.5, 0.6) is 0 Å². The standard InChI is InChI=1S/C11H19ClN4/c1-15(2)5-6-16-11(9(12)7-14-16)8-3-4-10(8)13/h7-8,10H,3-6,13H2,1-2H3. The monoisotopic (exact) mass is 242 g/mol. The van der Waals surface area contributed by atoms with Crippen molar-refractivity contribution in [3.8, 4) is 0 Å². The van der Waals surface area contributed by atoms with Crippen LogP contribution in [0.15, 0.2) is 6.20 Å². The molecule has 0 saturated heterocycles. The number of halogens is 1. The van der Waals surface area contributed by atoms with E-state index < -0.39 is 0 Å². The first-order valence-electron chi connectivity index (χ1n) is 5.71. The molecule has 1 fully saturated rings. The van der Waals surface area contributed by atoms with Gasteiger partial charge in [-0.1, -0.05) is 11.6 Å². The zero-order valence-corrected chi connectivity index (χ0v) is 10.6. The lowest BCUT2D eigenvalue weighted by Gasteiger charge is -2.34. The van der Waals surface area contributed by atoms with Gasteiger partial charge in [0.25, 0.3) is 0 Å². The van der Waals surface area contributed by atoms with E-state index in [-0.39, 0.29) is 6.04 Å². The molecule has 0 amide bonds. The molecule has 4 nitrogen and oxygen atoms in total. The highest BCUT2D eigenvalue weighted by Gasteiger charge is 2.33. The number of hydrogen-bond donors (Lipinski definition) is 1. The molecule has 1 saturated carbocycles. The van der Waals surface area contributed by atoms with Crippen LogP contribution in [0, 0.1) is 0 Å². The third-order valence-electron chi connectivity index (χ3n) is 3.27. The summed E-state index contributed by atoms with van der Waals surface area (Å²) in [5.74, 6) is 0.400. The Morgan fingerprint density at radius 3 is 2.81 bits per heavy atom. The molecular formula is C11H19ClN4. The highest BCUT2D eigenvalue weighted by atomic mass is 35.5. The normalized spacial score (nSPS) is 24.8. The van der Waals surface area contributed by atoms with Crippen molar-refractivity contribution < 1.29 is 0 Å². The number of nitrogens with two attached hydrogens (primary N) is 1. The number of hydrogen-bond acceptors (Lipinski definition) is 3. The molecule has 1 aromatic rings. The van der Waals surface area contributed by atoms with Gasteiger partial charge in [0.15, 0.2) is 0 Å². The van der Waals surface area contributed by atoms with E-state index in [2.05, 4.69) is 24.1 Å². The van der Waals surface area contributed by atoms with Crippen molar-refractivity contribution in [2.24, 2.45) is 5.73 Å². The molecule has 16 heavy (non-hydrogen) atoms. The molecule has 2 unspecified atom stereocenters. The second-order valence-corrected chi connectivity index (χ2v) is 5.16. The van der Waals surface area contributed by atoms with Crippen molar-refractivity contribution >= 4 is 11.6 Å². The molecule has 1 aromatic heterocycles. The Balaban J connectivity index is 2.12. The molecule has 0 radical (unpaired) electrons. The largest absolute Gasteiger partial charge is 0.327 e. The Kier molecular flexibility index (Phi) is 3.52. The summed E-state index contributed by atoms with van der Waals surface area (Å²) >= 11 is 6.18. The van der Waals surface area contributed by atoms with Crippen molar-refractivity contribution in [2.45, 2.75) is 31.3 Å². The van der Waals surface area contributed by atoms with Crippen molar-refractivity contribution in [1.29, 1.82) is 0 Å². The Morgan fingerprint density at radius 2 is 2.31 bits per heavy atom. The van der Waals surface area contributed by atoms with Crippen molar-refractivity contribution in [2.75, 3.05) is 20.6 Å². The van der Waals surface area contributed by atoms with E-state index >= 15 is 0 Å². The molecule has 1 aliphatic carbocycles. The molecule has 90 valence electrons. The first kappa shape index (κ1) is 11.9. The SMILES string of the molecule is CN(C)CCn1ncc(Cl)c1C1CCC1N. The van der Waals surface area contributed by atoms with E-state index in [1.807, 2.05) is 4.68 Å². The number of nitrogens with zero attached hydrogens (tertiary/aromatic N) is 3. The minimum Gasteiger partial charge on any atom is -0.327 e. The lowest BCUT2D eigenvalue weighted by Crippen LogP contribution is -2.39. The van der Waals surface area contributed by atoms with Crippen molar-refractivity contribution in [3.63, 3.8) is 0 Å². The smallest absolute Gasteiger partial charge is 0.0821 e. The minimum absolute atomic E-state index is 0.257. The Hall–Kier alpha value is -0.580. The van der Waals surface area contributed by atoms with Gasteiger partial charge in [0.1, 0.15) is 0 Å². The average molecular weight is 243 g/mol. The third kappa shape index (κ3) is 2.24.